The van der Waals surface area contributed by atoms with Crippen molar-refractivity contribution in [1.29, 1.82) is 0 Å². The highest BCUT2D eigenvalue weighted by molar-refractivity contribution is 8.02. The van der Waals surface area contributed by atoms with Gasteiger partial charge in [-0.15, -0.1) is 11.8 Å². The van der Waals surface area contributed by atoms with Gasteiger partial charge in [0.15, 0.2) is 22.3 Å². The fraction of sp³-hybridized carbons (Fsp3) is 0.583. The minimum Gasteiger partial charge on any atom is -0.455 e. The number of anilines is 1. The average molecular weight is 348 g/mol. The fourth-order valence-electron chi connectivity index (χ4n) is 1.87. The zero-order valence-electron chi connectivity index (χ0n) is 11.9. The fourth-order valence-corrected chi connectivity index (χ4v) is 5.31. The van der Waals surface area contributed by atoms with Crippen LogP contribution < -0.4 is 5.32 Å². The Balaban J connectivity index is 1.64. The van der Waals surface area contributed by atoms with Crippen molar-refractivity contribution in [1.82, 2.24) is 5.16 Å². The van der Waals surface area contributed by atoms with Gasteiger partial charge in [0, 0.05) is 11.3 Å². The summed E-state index contributed by atoms with van der Waals surface area (Å²) in [5.41, 5.74) is 0. The standard InChI is InChI=1S/C12H16N2O6S2/c1-8-4-10(14-20-8)13-11(15)5-19-12(16)6-21-9-2-3-22(17,18)7-9/h4,9H,2-3,5-7H2,1H3,(H,13,14,15)/t9-/m0/s1. The molecule has 0 aliphatic carbocycles. The van der Waals surface area contributed by atoms with Crippen molar-refractivity contribution in [2.45, 2.75) is 18.6 Å². The Bertz CT molecular complexity index is 654. The highest BCUT2D eigenvalue weighted by atomic mass is 32.2. The first-order valence-electron chi connectivity index (χ1n) is 6.55. The van der Waals surface area contributed by atoms with E-state index in [1.54, 1.807) is 6.92 Å². The Morgan fingerprint density at radius 2 is 2.32 bits per heavy atom. The summed E-state index contributed by atoms with van der Waals surface area (Å²) in [6, 6.07) is 1.54. The van der Waals surface area contributed by atoms with Crippen LogP contribution in [0.3, 0.4) is 0 Å². The van der Waals surface area contributed by atoms with Crippen molar-refractivity contribution in [2.75, 3.05) is 29.2 Å². The van der Waals surface area contributed by atoms with Crippen LogP contribution in [0.4, 0.5) is 5.82 Å². The lowest BCUT2D eigenvalue weighted by Crippen LogP contribution is -2.22. The van der Waals surface area contributed by atoms with E-state index >= 15 is 0 Å². The van der Waals surface area contributed by atoms with Gasteiger partial charge in [-0.25, -0.2) is 8.42 Å². The molecule has 0 bridgehead atoms. The summed E-state index contributed by atoms with van der Waals surface area (Å²) in [4.78, 5) is 23.0. The number of thioether (sulfide) groups is 1. The number of hydrogen-bond donors (Lipinski definition) is 1. The maximum Gasteiger partial charge on any atom is 0.316 e. The Labute approximate surface area is 131 Å². The summed E-state index contributed by atoms with van der Waals surface area (Å²) >= 11 is 1.24. The number of amides is 1. The van der Waals surface area contributed by atoms with Crippen molar-refractivity contribution < 1.29 is 27.3 Å². The molecule has 1 aliphatic heterocycles. The predicted molar refractivity (Wildman–Crippen MR) is 80.3 cm³/mol. The number of aryl methyl sites for hydroxylation is 1. The minimum absolute atomic E-state index is 0.0243. The highest BCUT2D eigenvalue weighted by Crippen LogP contribution is 2.24. The number of nitrogens with zero attached hydrogens (tertiary/aromatic N) is 1. The minimum atomic E-state index is -2.95. The highest BCUT2D eigenvalue weighted by Gasteiger charge is 2.28. The molecule has 0 radical (unpaired) electrons. The van der Waals surface area contributed by atoms with Crippen LogP contribution in [-0.4, -0.2) is 54.6 Å². The first-order valence-corrected chi connectivity index (χ1v) is 9.42. The Kier molecular flexibility index (Phi) is 5.46. The number of carbonyl (C=O) groups excluding carboxylic acids is 2. The lowest BCUT2D eigenvalue weighted by Gasteiger charge is -2.07. The van der Waals surface area contributed by atoms with Crippen LogP contribution in [0.25, 0.3) is 0 Å². The molecule has 0 aromatic carbocycles. The normalized spacial score (nSPS) is 19.8. The van der Waals surface area contributed by atoms with E-state index in [4.69, 9.17) is 9.26 Å². The maximum absolute atomic E-state index is 11.5. The summed E-state index contributed by atoms with van der Waals surface area (Å²) in [7, 11) is -2.95. The molecule has 122 valence electrons. The lowest BCUT2D eigenvalue weighted by atomic mass is 10.4. The number of ether oxygens (including phenoxy) is 1. The molecule has 1 aromatic rings. The predicted octanol–water partition coefficient (Wildman–Crippen LogP) is 0.385. The second-order valence-corrected chi connectivity index (χ2v) is 8.39. The summed E-state index contributed by atoms with van der Waals surface area (Å²) in [5.74, 6) is 0.0161. The lowest BCUT2D eigenvalue weighted by molar-refractivity contribution is -0.144. The van der Waals surface area contributed by atoms with E-state index in [1.807, 2.05) is 0 Å². The number of aromatic nitrogens is 1. The van der Waals surface area contributed by atoms with E-state index in [9.17, 15) is 18.0 Å². The van der Waals surface area contributed by atoms with Crippen LogP contribution in [-0.2, 0) is 24.2 Å². The molecule has 1 aromatic heterocycles. The van der Waals surface area contributed by atoms with Gasteiger partial charge in [0.1, 0.15) is 5.76 Å². The molecule has 0 unspecified atom stereocenters. The SMILES string of the molecule is Cc1cc(NC(=O)COC(=O)CS[C@H]2CCS(=O)(=O)C2)no1. The van der Waals surface area contributed by atoms with Crippen molar-refractivity contribution in [2.24, 2.45) is 0 Å². The third-order valence-electron chi connectivity index (χ3n) is 2.89. The van der Waals surface area contributed by atoms with E-state index in [1.165, 1.54) is 17.8 Å². The maximum atomic E-state index is 11.5. The van der Waals surface area contributed by atoms with Gasteiger partial charge in [-0.05, 0) is 13.3 Å². The molecule has 2 heterocycles. The van der Waals surface area contributed by atoms with E-state index in [0.29, 0.717) is 12.2 Å². The van der Waals surface area contributed by atoms with Gasteiger partial charge in [-0.3, -0.25) is 9.59 Å². The van der Waals surface area contributed by atoms with Gasteiger partial charge >= 0.3 is 5.97 Å². The molecule has 22 heavy (non-hydrogen) atoms. The molecule has 2 rings (SSSR count). The van der Waals surface area contributed by atoms with Gasteiger partial charge in [0.2, 0.25) is 0 Å². The van der Waals surface area contributed by atoms with Gasteiger partial charge in [-0.2, -0.15) is 0 Å². The van der Waals surface area contributed by atoms with Gasteiger partial charge in [0.25, 0.3) is 5.91 Å². The van der Waals surface area contributed by atoms with Crippen LogP contribution in [0.2, 0.25) is 0 Å². The Hall–Kier alpha value is -1.55. The van der Waals surface area contributed by atoms with E-state index in [-0.39, 0.29) is 28.3 Å². The van der Waals surface area contributed by atoms with Crippen molar-refractivity contribution >= 4 is 39.3 Å². The summed E-state index contributed by atoms with van der Waals surface area (Å²) in [6.45, 7) is 1.26. The molecule has 1 fully saturated rings. The molecule has 1 saturated heterocycles. The van der Waals surface area contributed by atoms with Crippen LogP contribution in [0.5, 0.6) is 0 Å². The molecular weight excluding hydrogens is 332 g/mol. The molecule has 8 nitrogen and oxygen atoms in total. The largest absolute Gasteiger partial charge is 0.455 e. The molecule has 1 aliphatic rings. The first-order chi connectivity index (χ1) is 10.3. The Morgan fingerprint density at radius 3 is 2.91 bits per heavy atom. The number of rotatable bonds is 6. The third kappa shape index (κ3) is 5.34. The monoisotopic (exact) mass is 348 g/mol. The second kappa shape index (κ2) is 7.14. The van der Waals surface area contributed by atoms with Gasteiger partial charge in [-0.1, -0.05) is 5.16 Å². The Morgan fingerprint density at radius 1 is 1.55 bits per heavy atom. The molecule has 1 atom stereocenters. The van der Waals surface area contributed by atoms with Gasteiger partial charge in [0.05, 0.1) is 17.3 Å². The molecule has 0 spiro atoms. The van der Waals surface area contributed by atoms with Crippen LogP contribution in [0.1, 0.15) is 12.2 Å². The van der Waals surface area contributed by atoms with Crippen molar-refractivity contribution in [3.63, 3.8) is 0 Å². The quantitative estimate of drug-likeness (QED) is 0.734. The first kappa shape index (κ1) is 16.8. The number of esters is 1. The van der Waals surface area contributed by atoms with E-state index in [2.05, 4.69) is 10.5 Å². The smallest absolute Gasteiger partial charge is 0.316 e. The van der Waals surface area contributed by atoms with Gasteiger partial charge < -0.3 is 14.6 Å². The third-order valence-corrected chi connectivity index (χ3v) is 6.14. The molecule has 1 N–H and O–H groups in total. The molecular formula is C12H16N2O6S2. The number of carbonyl (C=O) groups is 2. The summed E-state index contributed by atoms with van der Waals surface area (Å²) in [5, 5.41) is 5.92. The molecule has 1 amide bonds. The summed E-state index contributed by atoms with van der Waals surface area (Å²) < 4.78 is 32.2. The summed E-state index contributed by atoms with van der Waals surface area (Å²) in [6.07, 6.45) is 0.548. The van der Waals surface area contributed by atoms with Crippen LogP contribution in [0.15, 0.2) is 10.6 Å². The number of sulfone groups is 1. The van der Waals surface area contributed by atoms with Crippen LogP contribution in [0, 0.1) is 6.92 Å². The number of hydrogen-bond acceptors (Lipinski definition) is 8. The van der Waals surface area contributed by atoms with Crippen LogP contribution >= 0.6 is 11.8 Å². The number of nitrogens with one attached hydrogen (secondary N) is 1. The topological polar surface area (TPSA) is 116 Å². The molecule has 10 heteroatoms. The zero-order valence-corrected chi connectivity index (χ0v) is 13.5. The van der Waals surface area contributed by atoms with Crippen molar-refractivity contribution in [3.05, 3.63) is 11.8 Å². The average Bonchev–Trinajstić information content (AvgIpc) is 2.99. The molecule has 0 saturated carbocycles. The van der Waals surface area contributed by atoms with E-state index in [0.717, 1.165) is 0 Å². The van der Waals surface area contributed by atoms with E-state index < -0.39 is 28.3 Å². The van der Waals surface area contributed by atoms with Crippen molar-refractivity contribution in [3.8, 4) is 0 Å². The second-order valence-electron chi connectivity index (χ2n) is 4.87. The zero-order chi connectivity index (χ0) is 16.2.